The summed E-state index contributed by atoms with van der Waals surface area (Å²) in [5, 5.41) is 7.55. The van der Waals surface area contributed by atoms with Crippen LogP contribution in [0.4, 0.5) is 19.0 Å². The third kappa shape index (κ3) is 6.17. The average molecular weight is 596 g/mol. The molecule has 0 saturated heterocycles. The number of anilines is 2. The summed E-state index contributed by atoms with van der Waals surface area (Å²) in [6.45, 7) is 9.59. The summed E-state index contributed by atoms with van der Waals surface area (Å²) in [4.78, 5) is 22.1. The van der Waals surface area contributed by atoms with Crippen LogP contribution in [0.25, 0.3) is 20.9 Å². The summed E-state index contributed by atoms with van der Waals surface area (Å²) in [6.07, 6.45) is 0. The number of aromatic nitrogens is 2. The zero-order valence-corrected chi connectivity index (χ0v) is 24.5. The second kappa shape index (κ2) is 11.7. The van der Waals surface area contributed by atoms with Crippen LogP contribution in [-0.4, -0.2) is 15.9 Å². The van der Waals surface area contributed by atoms with E-state index in [1.807, 2.05) is 27.7 Å². The predicted octanol–water partition coefficient (Wildman–Crippen LogP) is 9.34. The van der Waals surface area contributed by atoms with E-state index in [1.165, 1.54) is 41.7 Å². The van der Waals surface area contributed by atoms with Crippen molar-refractivity contribution in [2.75, 3.05) is 10.6 Å². The lowest BCUT2D eigenvalue weighted by atomic mass is 10.0. The maximum absolute atomic E-state index is 15.1. The van der Waals surface area contributed by atoms with Crippen LogP contribution in [0.15, 0.2) is 30.3 Å². The molecule has 0 atom stereocenters. The SMILES string of the molecule is CC(=O)Nc1nc(C(C)C)c(-c2cc(CNc3nc(C(C)C)c(-c4ccc(Cl)cc4F)s3)c(Cl)cc2F)s1. The molecule has 11 heteroatoms. The van der Waals surface area contributed by atoms with Crippen LogP contribution in [-0.2, 0) is 11.3 Å². The van der Waals surface area contributed by atoms with Gasteiger partial charge in [-0.1, -0.05) is 73.6 Å². The number of carbonyl (C=O) groups excluding carboxylic acids is 1. The van der Waals surface area contributed by atoms with E-state index in [0.717, 1.165) is 10.6 Å². The summed E-state index contributed by atoms with van der Waals surface area (Å²) in [5.41, 5.74) is 2.91. The molecule has 0 bridgehead atoms. The van der Waals surface area contributed by atoms with Crippen molar-refractivity contribution in [2.45, 2.75) is 53.0 Å². The minimum absolute atomic E-state index is 0.0110. The zero-order valence-electron chi connectivity index (χ0n) is 21.4. The molecule has 200 valence electrons. The van der Waals surface area contributed by atoms with Gasteiger partial charge in [0.25, 0.3) is 0 Å². The number of halogens is 4. The fourth-order valence-electron chi connectivity index (χ4n) is 3.86. The van der Waals surface area contributed by atoms with Gasteiger partial charge in [0.1, 0.15) is 11.6 Å². The third-order valence-electron chi connectivity index (χ3n) is 5.67. The highest BCUT2D eigenvalue weighted by Crippen LogP contribution is 2.41. The number of hydrogen-bond acceptors (Lipinski definition) is 6. The molecule has 0 aliphatic heterocycles. The predicted molar refractivity (Wildman–Crippen MR) is 155 cm³/mol. The number of hydrogen-bond donors (Lipinski definition) is 2. The van der Waals surface area contributed by atoms with Crippen molar-refractivity contribution < 1.29 is 13.6 Å². The van der Waals surface area contributed by atoms with E-state index in [0.29, 0.717) is 42.5 Å². The molecule has 0 radical (unpaired) electrons. The van der Waals surface area contributed by atoms with Crippen molar-refractivity contribution in [2.24, 2.45) is 0 Å². The molecule has 2 heterocycles. The molecule has 5 nitrogen and oxygen atoms in total. The van der Waals surface area contributed by atoms with Crippen LogP contribution in [0, 0.1) is 11.6 Å². The Balaban J connectivity index is 1.66. The minimum Gasteiger partial charge on any atom is -0.357 e. The summed E-state index contributed by atoms with van der Waals surface area (Å²) in [6, 6.07) is 7.57. The van der Waals surface area contributed by atoms with E-state index in [2.05, 4.69) is 15.6 Å². The van der Waals surface area contributed by atoms with Gasteiger partial charge < -0.3 is 10.6 Å². The number of rotatable bonds is 8. The Morgan fingerprint density at radius 3 is 2.08 bits per heavy atom. The summed E-state index contributed by atoms with van der Waals surface area (Å²) >= 11 is 14.9. The van der Waals surface area contributed by atoms with Gasteiger partial charge in [0, 0.05) is 34.6 Å². The van der Waals surface area contributed by atoms with Crippen molar-refractivity contribution >= 4 is 62.0 Å². The maximum Gasteiger partial charge on any atom is 0.223 e. The number of carbonyl (C=O) groups is 1. The summed E-state index contributed by atoms with van der Waals surface area (Å²) in [7, 11) is 0. The van der Waals surface area contributed by atoms with Gasteiger partial charge in [-0.3, -0.25) is 4.79 Å². The van der Waals surface area contributed by atoms with Gasteiger partial charge in [-0.2, -0.15) is 0 Å². The Hall–Kier alpha value is -2.59. The van der Waals surface area contributed by atoms with Crippen LogP contribution in [0.2, 0.25) is 10.0 Å². The highest BCUT2D eigenvalue weighted by molar-refractivity contribution is 7.19. The first-order valence-electron chi connectivity index (χ1n) is 11.9. The minimum atomic E-state index is -0.476. The molecule has 4 aromatic rings. The lowest BCUT2D eigenvalue weighted by Crippen LogP contribution is -2.05. The van der Waals surface area contributed by atoms with E-state index < -0.39 is 11.6 Å². The van der Waals surface area contributed by atoms with E-state index in [4.69, 9.17) is 28.2 Å². The fraction of sp³-hybridized carbons (Fsp3) is 0.296. The molecule has 0 aliphatic rings. The Labute approximate surface area is 238 Å². The first kappa shape index (κ1) is 28.4. The molecule has 2 aromatic heterocycles. The standard InChI is InChI=1S/C27H26Cl2F2N4OS2/c1-12(2)22-24(17-7-6-16(28)9-20(17)30)37-26(34-22)32-11-15-8-18(21(31)10-19(15)29)25-23(13(3)4)35-27(38-25)33-14(5)36/h6-10,12-13H,11H2,1-5H3,(H,32,34)(H,33,35,36). The van der Waals surface area contributed by atoms with Gasteiger partial charge in [0.05, 0.1) is 21.1 Å². The van der Waals surface area contributed by atoms with Crippen molar-refractivity contribution in [3.63, 3.8) is 0 Å². The maximum atomic E-state index is 15.1. The second-order valence-electron chi connectivity index (χ2n) is 9.36. The summed E-state index contributed by atoms with van der Waals surface area (Å²) < 4.78 is 29.8. The van der Waals surface area contributed by atoms with Crippen LogP contribution >= 0.6 is 45.9 Å². The van der Waals surface area contributed by atoms with E-state index in [-0.39, 0.29) is 29.3 Å². The zero-order chi connectivity index (χ0) is 27.7. The van der Waals surface area contributed by atoms with Crippen LogP contribution in [0.5, 0.6) is 0 Å². The first-order chi connectivity index (χ1) is 17.9. The van der Waals surface area contributed by atoms with Crippen LogP contribution in [0.1, 0.15) is 63.4 Å². The normalized spacial score (nSPS) is 11.4. The van der Waals surface area contributed by atoms with Crippen molar-refractivity contribution in [3.05, 3.63) is 69.0 Å². The monoisotopic (exact) mass is 594 g/mol. The van der Waals surface area contributed by atoms with Gasteiger partial charge in [0.15, 0.2) is 10.3 Å². The quantitative estimate of drug-likeness (QED) is 0.213. The molecule has 0 unspecified atom stereocenters. The van der Waals surface area contributed by atoms with Gasteiger partial charge in [-0.05, 0) is 47.7 Å². The smallest absolute Gasteiger partial charge is 0.223 e. The number of nitrogens with one attached hydrogen (secondary N) is 2. The highest BCUT2D eigenvalue weighted by Gasteiger charge is 2.22. The highest BCUT2D eigenvalue weighted by atomic mass is 35.5. The number of amides is 1. The van der Waals surface area contributed by atoms with Gasteiger partial charge >= 0.3 is 0 Å². The number of thiazole rings is 2. The number of benzene rings is 2. The van der Waals surface area contributed by atoms with Crippen molar-refractivity contribution in [1.82, 2.24) is 9.97 Å². The van der Waals surface area contributed by atoms with E-state index in [9.17, 15) is 9.18 Å². The molecule has 2 N–H and O–H groups in total. The first-order valence-corrected chi connectivity index (χ1v) is 14.3. The van der Waals surface area contributed by atoms with Gasteiger partial charge in [-0.15, -0.1) is 0 Å². The largest absolute Gasteiger partial charge is 0.357 e. The Morgan fingerprint density at radius 2 is 1.47 bits per heavy atom. The van der Waals surface area contributed by atoms with Crippen molar-refractivity contribution in [1.29, 1.82) is 0 Å². The molecule has 0 spiro atoms. The molecule has 2 aromatic carbocycles. The third-order valence-corrected chi connectivity index (χ3v) is 8.34. The van der Waals surface area contributed by atoms with E-state index in [1.54, 1.807) is 18.2 Å². The average Bonchev–Trinajstić information content (AvgIpc) is 3.43. The fourth-order valence-corrected chi connectivity index (χ4v) is 6.56. The topological polar surface area (TPSA) is 66.9 Å². The molecule has 0 aliphatic carbocycles. The van der Waals surface area contributed by atoms with Crippen LogP contribution < -0.4 is 10.6 Å². The molecule has 0 fully saturated rings. The summed E-state index contributed by atoms with van der Waals surface area (Å²) in [5.74, 6) is -1.06. The molecular formula is C27H26Cl2F2N4OS2. The molecule has 0 saturated carbocycles. The van der Waals surface area contributed by atoms with Gasteiger partial charge in [-0.25, -0.2) is 18.7 Å². The van der Waals surface area contributed by atoms with E-state index >= 15 is 4.39 Å². The Morgan fingerprint density at radius 1 is 0.895 bits per heavy atom. The molecule has 1 amide bonds. The Bertz CT molecular complexity index is 1500. The Kier molecular flexibility index (Phi) is 8.72. The lowest BCUT2D eigenvalue weighted by molar-refractivity contribution is -0.114. The molecular weight excluding hydrogens is 569 g/mol. The lowest BCUT2D eigenvalue weighted by Gasteiger charge is -2.11. The van der Waals surface area contributed by atoms with Crippen LogP contribution in [0.3, 0.4) is 0 Å². The second-order valence-corrected chi connectivity index (χ2v) is 12.2. The number of nitrogens with zero attached hydrogens (tertiary/aromatic N) is 2. The van der Waals surface area contributed by atoms with Gasteiger partial charge in [0.2, 0.25) is 5.91 Å². The molecule has 4 rings (SSSR count). The molecule has 38 heavy (non-hydrogen) atoms. The van der Waals surface area contributed by atoms with Crippen molar-refractivity contribution in [3.8, 4) is 20.9 Å².